The van der Waals surface area contributed by atoms with Gasteiger partial charge in [0.25, 0.3) is 0 Å². The van der Waals surface area contributed by atoms with E-state index in [-0.39, 0.29) is 0 Å². The monoisotopic (exact) mass is 317 g/mol. The van der Waals surface area contributed by atoms with Gasteiger partial charge in [0.05, 0.1) is 18.2 Å². The molecule has 0 bridgehead atoms. The van der Waals surface area contributed by atoms with Crippen LogP contribution in [-0.4, -0.2) is 14.2 Å². The van der Waals surface area contributed by atoms with Crippen LogP contribution in [0.3, 0.4) is 0 Å². The van der Waals surface area contributed by atoms with Gasteiger partial charge in [0.15, 0.2) is 5.58 Å². The van der Waals surface area contributed by atoms with Crippen LogP contribution in [0.5, 0.6) is 0 Å². The highest BCUT2D eigenvalue weighted by atomic mass is 79.9. The van der Waals surface area contributed by atoms with E-state index in [1.807, 2.05) is 19.2 Å². The van der Waals surface area contributed by atoms with Crippen molar-refractivity contribution < 1.29 is 9.15 Å². The third-order valence-electron chi connectivity index (χ3n) is 2.55. The molecule has 0 aliphatic heterocycles. The van der Waals surface area contributed by atoms with Crippen molar-refractivity contribution >= 4 is 38.5 Å². The molecular formula is C12H13BrClNO2. The third kappa shape index (κ3) is 2.36. The number of rotatable bonds is 4. The normalized spacial score (nSPS) is 11.3. The molecule has 0 atom stereocenters. The second-order valence-corrected chi connectivity index (χ2v) is 4.96. The third-order valence-corrected chi connectivity index (χ3v) is 3.51. The van der Waals surface area contributed by atoms with Crippen molar-refractivity contribution in [3.05, 3.63) is 33.0 Å². The molecule has 1 aromatic carbocycles. The number of ether oxygens (including phenoxy) is 1. The van der Waals surface area contributed by atoms with E-state index < -0.39 is 0 Å². The van der Waals surface area contributed by atoms with Crippen LogP contribution in [0.1, 0.15) is 11.3 Å². The zero-order chi connectivity index (χ0) is 12.4. The zero-order valence-corrected chi connectivity index (χ0v) is 12.0. The lowest BCUT2D eigenvalue weighted by molar-refractivity contribution is 0.183. The van der Waals surface area contributed by atoms with Gasteiger partial charge in [-0.15, -0.1) is 0 Å². The predicted octanol–water partition coefficient (Wildman–Crippen LogP) is 3.71. The van der Waals surface area contributed by atoms with E-state index in [2.05, 4.69) is 21.2 Å². The smallest absolute Gasteiger partial charge is 0.154 e. The van der Waals surface area contributed by atoms with Crippen LogP contribution < -0.4 is 5.32 Å². The summed E-state index contributed by atoms with van der Waals surface area (Å²) in [5.74, 6) is 0.859. The second kappa shape index (κ2) is 5.40. The lowest BCUT2D eigenvalue weighted by Crippen LogP contribution is -2.06. The maximum atomic E-state index is 6.14. The Hall–Kier alpha value is -0.550. The first kappa shape index (κ1) is 12.9. The van der Waals surface area contributed by atoms with Gasteiger partial charge in [-0.3, -0.25) is 0 Å². The SMILES string of the molecule is CNCc1oc2c(Cl)ccc(Br)c2c1COC. The Morgan fingerprint density at radius 1 is 1.47 bits per heavy atom. The summed E-state index contributed by atoms with van der Waals surface area (Å²) in [5.41, 5.74) is 1.74. The Morgan fingerprint density at radius 3 is 2.88 bits per heavy atom. The van der Waals surface area contributed by atoms with E-state index in [9.17, 15) is 0 Å². The molecule has 1 N–H and O–H groups in total. The summed E-state index contributed by atoms with van der Waals surface area (Å²) in [6.07, 6.45) is 0. The maximum absolute atomic E-state index is 6.14. The first-order chi connectivity index (χ1) is 8.19. The zero-order valence-electron chi connectivity index (χ0n) is 9.64. The van der Waals surface area contributed by atoms with Crippen molar-refractivity contribution in [1.29, 1.82) is 0 Å². The Bertz CT molecular complexity index is 539. The fraction of sp³-hybridized carbons (Fsp3) is 0.333. The maximum Gasteiger partial charge on any atom is 0.154 e. The summed E-state index contributed by atoms with van der Waals surface area (Å²) in [5, 5.41) is 4.68. The number of halogens is 2. The fourth-order valence-corrected chi connectivity index (χ4v) is 2.59. The van der Waals surface area contributed by atoms with Crippen molar-refractivity contribution in [2.45, 2.75) is 13.2 Å². The van der Waals surface area contributed by atoms with Gasteiger partial charge in [-0.2, -0.15) is 0 Å². The number of benzene rings is 1. The van der Waals surface area contributed by atoms with Crippen molar-refractivity contribution in [2.24, 2.45) is 0 Å². The van der Waals surface area contributed by atoms with Crippen molar-refractivity contribution in [2.75, 3.05) is 14.2 Å². The molecule has 1 heterocycles. The number of hydrogen-bond acceptors (Lipinski definition) is 3. The number of fused-ring (bicyclic) bond motifs is 1. The lowest BCUT2D eigenvalue weighted by Gasteiger charge is -2.02. The first-order valence-corrected chi connectivity index (χ1v) is 6.38. The molecule has 2 aromatic rings. The minimum Gasteiger partial charge on any atom is -0.458 e. The highest BCUT2D eigenvalue weighted by molar-refractivity contribution is 9.10. The summed E-state index contributed by atoms with van der Waals surface area (Å²) in [4.78, 5) is 0. The molecule has 0 radical (unpaired) electrons. The van der Waals surface area contributed by atoms with E-state index >= 15 is 0 Å². The van der Waals surface area contributed by atoms with Crippen LogP contribution in [0.2, 0.25) is 5.02 Å². The minimum atomic E-state index is 0.503. The standard InChI is InChI=1S/C12H13BrClNO2/c1-15-5-10-7(6-16-2)11-8(13)3-4-9(14)12(11)17-10/h3-4,15H,5-6H2,1-2H3. The molecule has 0 amide bonds. The van der Waals surface area contributed by atoms with E-state index in [1.54, 1.807) is 7.11 Å². The predicted molar refractivity (Wildman–Crippen MR) is 72.4 cm³/mol. The lowest BCUT2D eigenvalue weighted by atomic mass is 10.1. The minimum absolute atomic E-state index is 0.503. The number of nitrogens with one attached hydrogen (secondary N) is 1. The number of furan rings is 1. The van der Waals surface area contributed by atoms with Crippen LogP contribution in [0.4, 0.5) is 0 Å². The molecule has 0 saturated heterocycles. The molecule has 3 nitrogen and oxygen atoms in total. The van der Waals surface area contributed by atoms with Crippen molar-refractivity contribution in [1.82, 2.24) is 5.32 Å². The Kier molecular flexibility index (Phi) is 4.09. The van der Waals surface area contributed by atoms with Gasteiger partial charge in [-0.05, 0) is 19.2 Å². The molecule has 5 heteroatoms. The molecular weight excluding hydrogens is 305 g/mol. The number of hydrogen-bond donors (Lipinski definition) is 1. The van der Waals surface area contributed by atoms with Crippen LogP contribution in [0.25, 0.3) is 11.0 Å². The van der Waals surface area contributed by atoms with Gasteiger partial charge < -0.3 is 14.5 Å². The van der Waals surface area contributed by atoms with Crippen LogP contribution >= 0.6 is 27.5 Å². The van der Waals surface area contributed by atoms with Gasteiger partial charge in [0.1, 0.15) is 5.76 Å². The molecule has 0 saturated carbocycles. The molecule has 0 spiro atoms. The van der Waals surface area contributed by atoms with E-state index in [0.717, 1.165) is 21.2 Å². The van der Waals surface area contributed by atoms with Crippen molar-refractivity contribution in [3.63, 3.8) is 0 Å². The topological polar surface area (TPSA) is 34.4 Å². The quantitative estimate of drug-likeness (QED) is 0.933. The van der Waals surface area contributed by atoms with Gasteiger partial charge in [0, 0.05) is 22.5 Å². The highest BCUT2D eigenvalue weighted by Gasteiger charge is 2.17. The average molecular weight is 319 g/mol. The molecule has 0 fully saturated rings. The van der Waals surface area contributed by atoms with Crippen LogP contribution in [-0.2, 0) is 17.9 Å². The molecule has 0 aliphatic carbocycles. The summed E-state index contributed by atoms with van der Waals surface area (Å²) >= 11 is 9.66. The average Bonchev–Trinajstić information content (AvgIpc) is 2.66. The van der Waals surface area contributed by atoms with Gasteiger partial charge in [-0.1, -0.05) is 27.5 Å². The van der Waals surface area contributed by atoms with E-state index in [0.29, 0.717) is 23.8 Å². The summed E-state index contributed by atoms with van der Waals surface area (Å²) in [7, 11) is 3.54. The van der Waals surface area contributed by atoms with E-state index in [1.165, 1.54) is 0 Å². The molecule has 92 valence electrons. The van der Waals surface area contributed by atoms with Gasteiger partial charge in [-0.25, -0.2) is 0 Å². The van der Waals surface area contributed by atoms with E-state index in [4.69, 9.17) is 20.8 Å². The van der Waals surface area contributed by atoms with Crippen LogP contribution in [0, 0.1) is 0 Å². The summed E-state index contributed by atoms with van der Waals surface area (Å²) in [6, 6.07) is 3.74. The Morgan fingerprint density at radius 2 is 2.24 bits per heavy atom. The molecule has 1 aromatic heterocycles. The Labute approximate surface area is 113 Å². The first-order valence-electron chi connectivity index (χ1n) is 5.20. The number of methoxy groups -OCH3 is 1. The van der Waals surface area contributed by atoms with Crippen LogP contribution in [0.15, 0.2) is 21.0 Å². The van der Waals surface area contributed by atoms with Gasteiger partial charge >= 0.3 is 0 Å². The molecule has 2 rings (SSSR count). The molecule has 0 aliphatic rings. The second-order valence-electron chi connectivity index (χ2n) is 3.70. The summed E-state index contributed by atoms with van der Waals surface area (Å²) < 4.78 is 12.0. The van der Waals surface area contributed by atoms with Crippen molar-refractivity contribution in [3.8, 4) is 0 Å². The highest BCUT2D eigenvalue weighted by Crippen LogP contribution is 2.36. The van der Waals surface area contributed by atoms with Gasteiger partial charge in [0.2, 0.25) is 0 Å². The molecule has 17 heavy (non-hydrogen) atoms. The molecule has 0 unspecified atom stereocenters. The fourth-order valence-electron chi connectivity index (χ4n) is 1.84. The Balaban J connectivity index is 2.70. The summed E-state index contributed by atoms with van der Waals surface area (Å²) in [6.45, 7) is 1.15. The largest absolute Gasteiger partial charge is 0.458 e.